The molecular weight excluding hydrogens is 186 g/mol. The van der Waals surface area contributed by atoms with E-state index in [0.29, 0.717) is 0 Å². The number of nitrogens with two attached hydrogens (primary N) is 1. The molecule has 15 heavy (non-hydrogen) atoms. The normalized spacial score (nSPS) is 11.7. The number of aryl methyl sites for hydroxylation is 1. The third-order valence-electron chi connectivity index (χ3n) is 2.80. The van der Waals surface area contributed by atoms with Gasteiger partial charge in [-0.3, -0.25) is 0 Å². The second-order valence-electron chi connectivity index (χ2n) is 4.63. The Labute approximate surface area is 92.1 Å². The fourth-order valence-corrected chi connectivity index (χ4v) is 1.52. The van der Waals surface area contributed by atoms with E-state index in [1.54, 1.807) is 0 Å². The Kier molecular flexibility index (Phi) is 4.30. The minimum atomic E-state index is -0.146. The lowest BCUT2D eigenvalue weighted by Gasteiger charge is -2.22. The lowest BCUT2D eigenvalue weighted by Crippen LogP contribution is -2.21. The first-order valence-electron chi connectivity index (χ1n) is 5.50. The van der Waals surface area contributed by atoms with E-state index < -0.39 is 0 Å². The summed E-state index contributed by atoms with van der Waals surface area (Å²) in [7, 11) is 0. The highest BCUT2D eigenvalue weighted by Gasteiger charge is 2.18. The van der Waals surface area contributed by atoms with E-state index in [9.17, 15) is 5.11 Å². The fourth-order valence-electron chi connectivity index (χ4n) is 1.52. The summed E-state index contributed by atoms with van der Waals surface area (Å²) in [5, 5.41) is 9.24. The van der Waals surface area contributed by atoms with Crippen LogP contribution in [0.2, 0.25) is 0 Å². The van der Waals surface area contributed by atoms with Crippen LogP contribution in [-0.2, 0) is 11.8 Å². The number of aliphatic hydroxyl groups excluding tert-OH is 1. The van der Waals surface area contributed by atoms with Crippen LogP contribution in [0.3, 0.4) is 0 Å². The van der Waals surface area contributed by atoms with Gasteiger partial charge in [0.05, 0.1) is 6.61 Å². The monoisotopic (exact) mass is 207 g/mol. The van der Waals surface area contributed by atoms with Gasteiger partial charge in [0.2, 0.25) is 0 Å². The minimum absolute atomic E-state index is 0.146. The van der Waals surface area contributed by atoms with Crippen molar-refractivity contribution in [2.24, 2.45) is 5.73 Å². The topological polar surface area (TPSA) is 46.2 Å². The number of aliphatic hydroxyl groups is 1. The average Bonchev–Trinajstić information content (AvgIpc) is 2.27. The van der Waals surface area contributed by atoms with Gasteiger partial charge in [-0.05, 0) is 30.5 Å². The van der Waals surface area contributed by atoms with Gasteiger partial charge >= 0.3 is 0 Å². The van der Waals surface area contributed by atoms with Crippen LogP contribution < -0.4 is 5.73 Å². The maximum atomic E-state index is 9.24. The predicted molar refractivity (Wildman–Crippen MR) is 63.9 cm³/mol. The smallest absolute Gasteiger partial charge is 0.0522 e. The first kappa shape index (κ1) is 12.2. The summed E-state index contributed by atoms with van der Waals surface area (Å²) >= 11 is 0. The molecule has 0 aliphatic rings. The zero-order valence-electron chi connectivity index (χ0n) is 9.66. The van der Waals surface area contributed by atoms with Crippen molar-refractivity contribution in [2.75, 3.05) is 13.2 Å². The van der Waals surface area contributed by atoms with E-state index in [1.807, 2.05) is 13.8 Å². The molecule has 0 atom stereocenters. The third-order valence-corrected chi connectivity index (χ3v) is 2.80. The summed E-state index contributed by atoms with van der Waals surface area (Å²) in [6.45, 7) is 5.00. The molecule has 1 aromatic carbocycles. The second kappa shape index (κ2) is 5.29. The van der Waals surface area contributed by atoms with Crippen LogP contribution in [0.1, 0.15) is 31.4 Å². The SMILES string of the molecule is CC(C)(CO)c1ccc(CCCN)cc1. The highest BCUT2D eigenvalue weighted by Crippen LogP contribution is 2.22. The molecule has 1 aromatic rings. The Hall–Kier alpha value is -0.860. The molecule has 0 spiro atoms. The molecule has 0 bridgehead atoms. The van der Waals surface area contributed by atoms with E-state index in [0.717, 1.165) is 19.4 Å². The molecule has 1 rings (SSSR count). The number of rotatable bonds is 5. The Morgan fingerprint density at radius 3 is 2.27 bits per heavy atom. The second-order valence-corrected chi connectivity index (χ2v) is 4.63. The van der Waals surface area contributed by atoms with Crippen LogP contribution in [0.15, 0.2) is 24.3 Å². The molecule has 0 unspecified atom stereocenters. The van der Waals surface area contributed by atoms with Crippen LogP contribution in [0, 0.1) is 0 Å². The highest BCUT2D eigenvalue weighted by atomic mass is 16.3. The van der Waals surface area contributed by atoms with E-state index >= 15 is 0 Å². The minimum Gasteiger partial charge on any atom is -0.395 e. The van der Waals surface area contributed by atoms with Gasteiger partial charge in [-0.15, -0.1) is 0 Å². The molecule has 2 nitrogen and oxygen atoms in total. The van der Waals surface area contributed by atoms with Crippen molar-refractivity contribution in [3.05, 3.63) is 35.4 Å². The molecule has 0 heterocycles. The summed E-state index contributed by atoms with van der Waals surface area (Å²) in [6, 6.07) is 8.45. The van der Waals surface area contributed by atoms with Crippen molar-refractivity contribution in [3.63, 3.8) is 0 Å². The van der Waals surface area contributed by atoms with Crippen LogP contribution in [-0.4, -0.2) is 18.3 Å². The van der Waals surface area contributed by atoms with Crippen LogP contribution in [0.25, 0.3) is 0 Å². The Bertz CT molecular complexity index is 290. The number of hydrogen-bond donors (Lipinski definition) is 2. The van der Waals surface area contributed by atoms with Gasteiger partial charge in [-0.25, -0.2) is 0 Å². The van der Waals surface area contributed by atoms with E-state index in [-0.39, 0.29) is 12.0 Å². The first-order valence-corrected chi connectivity index (χ1v) is 5.50. The summed E-state index contributed by atoms with van der Waals surface area (Å²) < 4.78 is 0. The quantitative estimate of drug-likeness (QED) is 0.774. The van der Waals surface area contributed by atoms with E-state index in [1.165, 1.54) is 11.1 Å². The van der Waals surface area contributed by atoms with E-state index in [4.69, 9.17) is 5.73 Å². The van der Waals surface area contributed by atoms with Crippen molar-refractivity contribution in [3.8, 4) is 0 Å². The standard InChI is InChI=1S/C13H21NO/c1-13(2,10-15)12-7-5-11(6-8-12)4-3-9-14/h5-8,15H,3-4,9-10,14H2,1-2H3. The van der Waals surface area contributed by atoms with Crippen LogP contribution >= 0.6 is 0 Å². The molecule has 0 saturated carbocycles. The average molecular weight is 207 g/mol. The Balaban J connectivity index is 2.72. The van der Waals surface area contributed by atoms with Gasteiger partial charge in [-0.1, -0.05) is 38.1 Å². The Morgan fingerprint density at radius 1 is 1.20 bits per heavy atom. The van der Waals surface area contributed by atoms with Gasteiger partial charge < -0.3 is 10.8 Å². The van der Waals surface area contributed by atoms with E-state index in [2.05, 4.69) is 24.3 Å². The van der Waals surface area contributed by atoms with Crippen molar-refractivity contribution in [1.82, 2.24) is 0 Å². The summed E-state index contributed by atoms with van der Waals surface area (Å²) in [4.78, 5) is 0. The largest absolute Gasteiger partial charge is 0.395 e. The molecular formula is C13H21NO. The third kappa shape index (κ3) is 3.33. The summed E-state index contributed by atoms with van der Waals surface area (Å²) in [6.07, 6.45) is 2.07. The molecule has 0 amide bonds. The molecule has 0 aromatic heterocycles. The van der Waals surface area contributed by atoms with Crippen LogP contribution in [0.4, 0.5) is 0 Å². The number of benzene rings is 1. The van der Waals surface area contributed by atoms with Gasteiger partial charge in [0, 0.05) is 5.41 Å². The molecule has 2 heteroatoms. The molecule has 84 valence electrons. The first-order chi connectivity index (χ1) is 7.10. The maximum Gasteiger partial charge on any atom is 0.0522 e. The van der Waals surface area contributed by atoms with Crippen molar-refractivity contribution in [2.45, 2.75) is 32.1 Å². The predicted octanol–water partition coefficient (Wildman–Crippen LogP) is 1.85. The molecule has 0 radical (unpaired) electrons. The summed E-state index contributed by atoms with van der Waals surface area (Å²) in [5.74, 6) is 0. The molecule has 0 aliphatic heterocycles. The molecule has 3 N–H and O–H groups in total. The Morgan fingerprint density at radius 2 is 1.80 bits per heavy atom. The van der Waals surface area contributed by atoms with Gasteiger partial charge in [-0.2, -0.15) is 0 Å². The van der Waals surface area contributed by atoms with Gasteiger partial charge in [0.25, 0.3) is 0 Å². The number of hydrogen-bond acceptors (Lipinski definition) is 2. The van der Waals surface area contributed by atoms with Crippen molar-refractivity contribution < 1.29 is 5.11 Å². The van der Waals surface area contributed by atoms with Gasteiger partial charge in [0.15, 0.2) is 0 Å². The van der Waals surface area contributed by atoms with Crippen molar-refractivity contribution in [1.29, 1.82) is 0 Å². The molecule has 0 saturated heterocycles. The lowest BCUT2D eigenvalue weighted by atomic mass is 9.85. The lowest BCUT2D eigenvalue weighted by molar-refractivity contribution is 0.218. The fraction of sp³-hybridized carbons (Fsp3) is 0.538. The highest BCUT2D eigenvalue weighted by molar-refractivity contribution is 5.28. The van der Waals surface area contributed by atoms with Gasteiger partial charge in [0.1, 0.15) is 0 Å². The van der Waals surface area contributed by atoms with Crippen LogP contribution in [0.5, 0.6) is 0 Å². The molecule has 0 fully saturated rings. The zero-order chi connectivity index (χ0) is 11.3. The zero-order valence-corrected chi connectivity index (χ0v) is 9.66. The summed E-state index contributed by atoms with van der Waals surface area (Å²) in [5.41, 5.74) is 7.82. The van der Waals surface area contributed by atoms with Crippen molar-refractivity contribution >= 4 is 0 Å². The molecule has 0 aliphatic carbocycles. The maximum absolute atomic E-state index is 9.24.